The largest absolute Gasteiger partial charge is 0.378 e. The first-order valence-electron chi connectivity index (χ1n) is 8.27. The van der Waals surface area contributed by atoms with Gasteiger partial charge >= 0.3 is 0 Å². The highest BCUT2D eigenvalue weighted by Gasteiger charge is 2.16. The van der Waals surface area contributed by atoms with Crippen LogP contribution in [0, 0.1) is 6.92 Å². The molecule has 0 aliphatic rings. The molecule has 0 fully saturated rings. The van der Waals surface area contributed by atoms with Crippen molar-refractivity contribution >= 4 is 17.8 Å². The SMILES string of the molecule is Cc1c(-c2ccccc2)n[nH]c1C(=O)N/N=C/c1ccc(N(C)C)cc1. The predicted octanol–water partition coefficient (Wildman–Crippen LogP) is 3.22. The first-order valence-corrected chi connectivity index (χ1v) is 8.27. The Morgan fingerprint density at radius 3 is 2.46 bits per heavy atom. The number of nitrogens with one attached hydrogen (secondary N) is 2. The number of hydrazone groups is 1. The molecule has 3 rings (SSSR count). The summed E-state index contributed by atoms with van der Waals surface area (Å²) in [4.78, 5) is 14.4. The van der Waals surface area contributed by atoms with Crippen molar-refractivity contribution in [1.82, 2.24) is 15.6 Å². The number of carbonyl (C=O) groups is 1. The van der Waals surface area contributed by atoms with E-state index in [1.54, 1.807) is 6.21 Å². The van der Waals surface area contributed by atoms with Crippen LogP contribution in [-0.2, 0) is 0 Å². The molecule has 1 aromatic heterocycles. The van der Waals surface area contributed by atoms with Crippen LogP contribution in [0.5, 0.6) is 0 Å². The summed E-state index contributed by atoms with van der Waals surface area (Å²) in [7, 11) is 3.97. The number of carbonyl (C=O) groups excluding carboxylic acids is 1. The molecule has 0 radical (unpaired) electrons. The third kappa shape index (κ3) is 3.80. The van der Waals surface area contributed by atoms with E-state index in [9.17, 15) is 4.79 Å². The van der Waals surface area contributed by atoms with Gasteiger partial charge in [0, 0.05) is 30.9 Å². The number of H-pyrrole nitrogens is 1. The molecule has 0 atom stereocenters. The van der Waals surface area contributed by atoms with Crippen molar-refractivity contribution in [2.24, 2.45) is 5.10 Å². The van der Waals surface area contributed by atoms with Gasteiger partial charge in [-0.25, -0.2) is 5.43 Å². The maximum Gasteiger partial charge on any atom is 0.289 e. The lowest BCUT2D eigenvalue weighted by Crippen LogP contribution is -2.19. The lowest BCUT2D eigenvalue weighted by Gasteiger charge is -2.11. The molecule has 26 heavy (non-hydrogen) atoms. The number of anilines is 1. The van der Waals surface area contributed by atoms with Gasteiger partial charge in [0.15, 0.2) is 0 Å². The van der Waals surface area contributed by atoms with Crippen LogP contribution in [0.2, 0.25) is 0 Å². The normalized spacial score (nSPS) is 10.9. The molecule has 0 aliphatic heterocycles. The Morgan fingerprint density at radius 1 is 1.12 bits per heavy atom. The van der Waals surface area contributed by atoms with Crippen LogP contribution in [0.4, 0.5) is 5.69 Å². The quantitative estimate of drug-likeness (QED) is 0.550. The second-order valence-corrected chi connectivity index (χ2v) is 6.12. The number of amides is 1. The zero-order valence-electron chi connectivity index (χ0n) is 15.0. The average Bonchev–Trinajstić information content (AvgIpc) is 3.04. The number of nitrogens with zero attached hydrogens (tertiary/aromatic N) is 3. The minimum absolute atomic E-state index is 0.321. The molecule has 132 valence electrons. The van der Waals surface area contributed by atoms with E-state index in [1.165, 1.54) is 0 Å². The fourth-order valence-corrected chi connectivity index (χ4v) is 2.58. The molecule has 6 heteroatoms. The third-order valence-electron chi connectivity index (χ3n) is 4.07. The molecule has 0 saturated heterocycles. The maximum absolute atomic E-state index is 12.3. The molecular formula is C20H21N5O. The fraction of sp³-hybridized carbons (Fsp3) is 0.150. The first-order chi connectivity index (χ1) is 12.6. The highest BCUT2D eigenvalue weighted by atomic mass is 16.2. The van der Waals surface area contributed by atoms with Crippen LogP contribution in [0.25, 0.3) is 11.3 Å². The number of benzene rings is 2. The summed E-state index contributed by atoms with van der Waals surface area (Å²) in [6.45, 7) is 1.87. The standard InChI is InChI=1S/C20H21N5O/c1-14-18(16-7-5-4-6-8-16)22-23-19(14)20(26)24-21-13-15-9-11-17(12-10-15)25(2)3/h4-13H,1-3H3,(H,22,23)(H,24,26)/b21-13+. The molecule has 0 spiro atoms. The van der Waals surface area contributed by atoms with Gasteiger partial charge < -0.3 is 4.90 Å². The molecule has 0 saturated carbocycles. The predicted molar refractivity (Wildman–Crippen MR) is 105 cm³/mol. The van der Waals surface area contributed by atoms with Crippen LogP contribution in [0.3, 0.4) is 0 Å². The minimum atomic E-state index is -0.321. The molecule has 1 heterocycles. The Morgan fingerprint density at radius 2 is 1.81 bits per heavy atom. The van der Waals surface area contributed by atoms with Gasteiger partial charge in [0.05, 0.1) is 11.9 Å². The average molecular weight is 347 g/mol. The lowest BCUT2D eigenvalue weighted by molar-refractivity contribution is 0.0949. The monoisotopic (exact) mass is 347 g/mol. The molecule has 0 bridgehead atoms. The highest BCUT2D eigenvalue weighted by molar-refractivity contribution is 5.96. The Bertz CT molecular complexity index is 911. The van der Waals surface area contributed by atoms with E-state index in [4.69, 9.17) is 0 Å². The van der Waals surface area contributed by atoms with Crippen molar-refractivity contribution < 1.29 is 4.79 Å². The number of hydrogen-bond acceptors (Lipinski definition) is 4. The van der Waals surface area contributed by atoms with Crippen LogP contribution in [-0.4, -0.2) is 36.4 Å². The first kappa shape index (κ1) is 17.4. The van der Waals surface area contributed by atoms with Gasteiger partial charge in [-0.3, -0.25) is 9.89 Å². The number of hydrogen-bond donors (Lipinski definition) is 2. The summed E-state index contributed by atoms with van der Waals surface area (Å²) >= 11 is 0. The summed E-state index contributed by atoms with van der Waals surface area (Å²) in [6.07, 6.45) is 1.61. The van der Waals surface area contributed by atoms with E-state index < -0.39 is 0 Å². The molecule has 3 aromatic rings. The minimum Gasteiger partial charge on any atom is -0.378 e. The smallest absolute Gasteiger partial charge is 0.289 e. The van der Waals surface area contributed by atoms with Crippen molar-refractivity contribution in [3.8, 4) is 11.3 Å². The maximum atomic E-state index is 12.3. The Hall–Kier alpha value is -3.41. The summed E-state index contributed by atoms with van der Waals surface area (Å²) in [5.74, 6) is -0.321. The van der Waals surface area contributed by atoms with Gasteiger partial charge in [-0.05, 0) is 24.6 Å². The van der Waals surface area contributed by atoms with E-state index in [1.807, 2.05) is 80.5 Å². The van der Waals surface area contributed by atoms with E-state index in [0.717, 1.165) is 28.1 Å². The van der Waals surface area contributed by atoms with E-state index >= 15 is 0 Å². The summed E-state index contributed by atoms with van der Waals surface area (Å²) in [5.41, 5.74) is 7.47. The van der Waals surface area contributed by atoms with Gasteiger partial charge in [0.1, 0.15) is 5.69 Å². The second-order valence-electron chi connectivity index (χ2n) is 6.12. The molecule has 6 nitrogen and oxygen atoms in total. The van der Waals surface area contributed by atoms with E-state index in [0.29, 0.717) is 5.69 Å². The van der Waals surface area contributed by atoms with Gasteiger partial charge in [-0.2, -0.15) is 10.2 Å². The Labute approximate surface area is 152 Å². The topological polar surface area (TPSA) is 73.4 Å². The summed E-state index contributed by atoms with van der Waals surface area (Å²) in [5, 5.41) is 11.1. The van der Waals surface area contributed by atoms with E-state index in [2.05, 4.69) is 20.7 Å². The highest BCUT2D eigenvalue weighted by Crippen LogP contribution is 2.22. The van der Waals surface area contributed by atoms with Crippen molar-refractivity contribution in [3.05, 3.63) is 71.4 Å². The van der Waals surface area contributed by atoms with Crippen LogP contribution in [0.15, 0.2) is 59.7 Å². The van der Waals surface area contributed by atoms with Crippen molar-refractivity contribution in [2.45, 2.75) is 6.92 Å². The third-order valence-corrected chi connectivity index (χ3v) is 4.07. The van der Waals surface area contributed by atoms with Crippen molar-refractivity contribution in [2.75, 3.05) is 19.0 Å². The fourth-order valence-electron chi connectivity index (χ4n) is 2.58. The van der Waals surface area contributed by atoms with Crippen molar-refractivity contribution in [3.63, 3.8) is 0 Å². The lowest BCUT2D eigenvalue weighted by atomic mass is 10.1. The second kappa shape index (κ2) is 7.65. The van der Waals surface area contributed by atoms with Gasteiger partial charge in [0.2, 0.25) is 0 Å². The zero-order valence-corrected chi connectivity index (χ0v) is 15.0. The molecular weight excluding hydrogens is 326 g/mol. The van der Waals surface area contributed by atoms with Gasteiger partial charge in [0.25, 0.3) is 5.91 Å². The van der Waals surface area contributed by atoms with Gasteiger partial charge in [-0.15, -0.1) is 0 Å². The number of aromatic amines is 1. The summed E-state index contributed by atoms with van der Waals surface area (Å²) < 4.78 is 0. The van der Waals surface area contributed by atoms with Crippen molar-refractivity contribution in [1.29, 1.82) is 0 Å². The molecule has 2 N–H and O–H groups in total. The number of rotatable bonds is 5. The molecule has 1 amide bonds. The summed E-state index contributed by atoms with van der Waals surface area (Å²) in [6, 6.07) is 17.6. The Balaban J connectivity index is 1.68. The number of aromatic nitrogens is 2. The Kier molecular flexibility index (Phi) is 5.12. The van der Waals surface area contributed by atoms with Crippen LogP contribution >= 0.6 is 0 Å². The van der Waals surface area contributed by atoms with Gasteiger partial charge in [-0.1, -0.05) is 42.5 Å². The van der Waals surface area contributed by atoms with Crippen LogP contribution in [0.1, 0.15) is 21.6 Å². The van der Waals surface area contributed by atoms with E-state index in [-0.39, 0.29) is 5.91 Å². The molecule has 0 unspecified atom stereocenters. The molecule has 2 aromatic carbocycles. The zero-order chi connectivity index (χ0) is 18.5. The molecule has 0 aliphatic carbocycles. The van der Waals surface area contributed by atoms with Crippen LogP contribution < -0.4 is 10.3 Å².